The number of sulfonamides is 1. The summed E-state index contributed by atoms with van der Waals surface area (Å²) in [6.07, 6.45) is 1.74. The molecule has 1 aromatic heterocycles. The summed E-state index contributed by atoms with van der Waals surface area (Å²) < 4.78 is 32.4. The molecule has 2 aromatic rings. The highest BCUT2D eigenvalue weighted by atomic mass is 32.2. The second kappa shape index (κ2) is 8.17. The van der Waals surface area contributed by atoms with Gasteiger partial charge in [0.05, 0.1) is 22.6 Å². The van der Waals surface area contributed by atoms with Gasteiger partial charge in [0.15, 0.2) is 5.82 Å². The third-order valence-electron chi connectivity index (χ3n) is 4.76. The van der Waals surface area contributed by atoms with Crippen LogP contribution in [-0.4, -0.2) is 53.9 Å². The van der Waals surface area contributed by atoms with E-state index in [0.29, 0.717) is 43.5 Å². The van der Waals surface area contributed by atoms with Crippen LogP contribution < -0.4 is 0 Å². The molecule has 0 unspecified atom stereocenters. The van der Waals surface area contributed by atoms with Crippen LogP contribution in [0.1, 0.15) is 43.6 Å². The Morgan fingerprint density at radius 3 is 2.48 bits per heavy atom. The Hall–Kier alpha value is -2.28. The van der Waals surface area contributed by atoms with Crippen LogP contribution in [-0.2, 0) is 16.4 Å². The van der Waals surface area contributed by atoms with E-state index in [-0.39, 0.29) is 10.9 Å². The lowest BCUT2D eigenvalue weighted by Crippen LogP contribution is -2.49. The Labute approximate surface area is 159 Å². The van der Waals surface area contributed by atoms with Crippen LogP contribution in [0, 0.1) is 11.3 Å². The second-order valence-electron chi connectivity index (χ2n) is 6.55. The Kier molecular flexibility index (Phi) is 5.89. The smallest absolute Gasteiger partial charge is 0.243 e. The standard InChI is InChI=1S/C18H23N5O3S/c1-3-4-17-20-18(26-21-17)14(2)22-9-11-23(12-10-22)27(24,25)16-7-5-15(13-19)6-8-16/h5-8,14H,3-4,9-12H2,1-2H3/t14-/m1/s1. The highest BCUT2D eigenvalue weighted by Gasteiger charge is 2.31. The van der Waals surface area contributed by atoms with Crippen molar-refractivity contribution in [2.75, 3.05) is 26.2 Å². The summed E-state index contributed by atoms with van der Waals surface area (Å²) in [6, 6.07) is 7.95. The largest absolute Gasteiger partial charge is 0.338 e. The van der Waals surface area contributed by atoms with Crippen molar-refractivity contribution in [1.82, 2.24) is 19.3 Å². The van der Waals surface area contributed by atoms with Crippen LogP contribution in [0.25, 0.3) is 0 Å². The quantitative estimate of drug-likeness (QED) is 0.744. The molecule has 0 N–H and O–H groups in total. The van der Waals surface area contributed by atoms with E-state index in [9.17, 15) is 8.42 Å². The summed E-state index contributed by atoms with van der Waals surface area (Å²) in [5, 5.41) is 12.8. The van der Waals surface area contributed by atoms with E-state index in [4.69, 9.17) is 9.78 Å². The van der Waals surface area contributed by atoms with Gasteiger partial charge in [-0.25, -0.2) is 8.42 Å². The van der Waals surface area contributed by atoms with E-state index >= 15 is 0 Å². The first kappa shape index (κ1) is 19.5. The van der Waals surface area contributed by atoms with E-state index < -0.39 is 10.0 Å². The van der Waals surface area contributed by atoms with Gasteiger partial charge >= 0.3 is 0 Å². The van der Waals surface area contributed by atoms with Gasteiger partial charge in [0.25, 0.3) is 0 Å². The Morgan fingerprint density at radius 2 is 1.89 bits per heavy atom. The second-order valence-corrected chi connectivity index (χ2v) is 8.49. The van der Waals surface area contributed by atoms with Crippen molar-refractivity contribution in [3.63, 3.8) is 0 Å². The molecule has 1 aliphatic heterocycles. The highest BCUT2D eigenvalue weighted by molar-refractivity contribution is 7.89. The minimum Gasteiger partial charge on any atom is -0.338 e. The molecule has 0 amide bonds. The molecule has 0 aliphatic carbocycles. The Morgan fingerprint density at radius 1 is 1.22 bits per heavy atom. The number of hydrogen-bond acceptors (Lipinski definition) is 7. The van der Waals surface area contributed by atoms with Gasteiger partial charge in [0.1, 0.15) is 0 Å². The minimum absolute atomic E-state index is 0.0529. The molecule has 0 bridgehead atoms. The number of aryl methyl sites for hydroxylation is 1. The molecule has 1 aliphatic rings. The topological polar surface area (TPSA) is 103 Å². The first-order valence-electron chi connectivity index (χ1n) is 9.02. The molecule has 0 radical (unpaired) electrons. The number of piperazine rings is 1. The third kappa shape index (κ3) is 4.18. The molecule has 144 valence electrons. The van der Waals surface area contributed by atoms with Crippen molar-refractivity contribution < 1.29 is 12.9 Å². The molecule has 2 heterocycles. The van der Waals surface area contributed by atoms with Gasteiger partial charge in [0.2, 0.25) is 15.9 Å². The molecule has 27 heavy (non-hydrogen) atoms. The van der Waals surface area contributed by atoms with E-state index in [2.05, 4.69) is 22.0 Å². The molecular formula is C18H23N5O3S. The molecule has 9 heteroatoms. The fraction of sp³-hybridized carbons (Fsp3) is 0.500. The summed E-state index contributed by atoms with van der Waals surface area (Å²) in [6.45, 7) is 6.01. The summed E-state index contributed by atoms with van der Waals surface area (Å²) >= 11 is 0. The zero-order valence-corrected chi connectivity index (χ0v) is 16.3. The number of benzene rings is 1. The van der Waals surface area contributed by atoms with Crippen LogP contribution in [0.5, 0.6) is 0 Å². The molecule has 1 saturated heterocycles. The fourth-order valence-corrected chi connectivity index (χ4v) is 4.52. The molecule has 1 atom stereocenters. The molecule has 0 spiro atoms. The number of rotatable bonds is 6. The normalized spacial score (nSPS) is 17.5. The van der Waals surface area contributed by atoms with Crippen LogP contribution in [0.3, 0.4) is 0 Å². The number of aromatic nitrogens is 2. The van der Waals surface area contributed by atoms with Crippen LogP contribution in [0.15, 0.2) is 33.7 Å². The number of hydrogen-bond donors (Lipinski definition) is 0. The Balaban J connectivity index is 1.64. The average molecular weight is 389 g/mol. The van der Waals surface area contributed by atoms with Gasteiger partial charge in [0, 0.05) is 32.6 Å². The van der Waals surface area contributed by atoms with Crippen LogP contribution >= 0.6 is 0 Å². The summed E-state index contributed by atoms with van der Waals surface area (Å²) in [7, 11) is -3.56. The lowest BCUT2D eigenvalue weighted by atomic mass is 10.2. The predicted octanol–water partition coefficient (Wildman–Crippen LogP) is 1.96. The van der Waals surface area contributed by atoms with Gasteiger partial charge in [-0.1, -0.05) is 12.1 Å². The highest BCUT2D eigenvalue weighted by Crippen LogP contribution is 2.23. The fourth-order valence-electron chi connectivity index (χ4n) is 3.10. The van der Waals surface area contributed by atoms with E-state index in [1.54, 1.807) is 0 Å². The molecular weight excluding hydrogens is 366 g/mol. The monoisotopic (exact) mass is 389 g/mol. The van der Waals surface area contributed by atoms with Crippen molar-refractivity contribution in [2.45, 2.75) is 37.6 Å². The molecule has 3 rings (SSSR count). The van der Waals surface area contributed by atoms with E-state index in [1.165, 1.54) is 28.6 Å². The maximum Gasteiger partial charge on any atom is 0.243 e. The summed E-state index contributed by atoms with van der Waals surface area (Å²) in [5.74, 6) is 1.28. The van der Waals surface area contributed by atoms with Gasteiger partial charge in [-0.15, -0.1) is 0 Å². The van der Waals surface area contributed by atoms with Crippen molar-refractivity contribution in [3.8, 4) is 6.07 Å². The lowest BCUT2D eigenvalue weighted by Gasteiger charge is -2.36. The van der Waals surface area contributed by atoms with Crippen LogP contribution in [0.4, 0.5) is 0 Å². The molecule has 0 saturated carbocycles. The maximum absolute atomic E-state index is 12.8. The van der Waals surface area contributed by atoms with E-state index in [1.807, 2.05) is 13.0 Å². The van der Waals surface area contributed by atoms with Crippen molar-refractivity contribution in [3.05, 3.63) is 41.5 Å². The first-order chi connectivity index (χ1) is 13.0. The summed E-state index contributed by atoms with van der Waals surface area (Å²) in [4.78, 5) is 6.79. The maximum atomic E-state index is 12.8. The van der Waals surface area contributed by atoms with Crippen LogP contribution in [0.2, 0.25) is 0 Å². The molecule has 1 fully saturated rings. The number of nitriles is 1. The first-order valence-corrected chi connectivity index (χ1v) is 10.5. The van der Waals surface area contributed by atoms with Gasteiger partial charge in [-0.3, -0.25) is 4.90 Å². The van der Waals surface area contributed by atoms with Gasteiger partial charge in [-0.2, -0.15) is 14.6 Å². The third-order valence-corrected chi connectivity index (χ3v) is 6.67. The summed E-state index contributed by atoms with van der Waals surface area (Å²) in [5.41, 5.74) is 0.439. The zero-order chi connectivity index (χ0) is 19.4. The van der Waals surface area contributed by atoms with Crippen molar-refractivity contribution in [2.24, 2.45) is 0 Å². The average Bonchev–Trinajstić information content (AvgIpc) is 3.16. The zero-order valence-electron chi connectivity index (χ0n) is 15.5. The number of nitrogens with zero attached hydrogens (tertiary/aromatic N) is 5. The van der Waals surface area contributed by atoms with Crippen molar-refractivity contribution in [1.29, 1.82) is 5.26 Å². The van der Waals surface area contributed by atoms with Gasteiger partial charge < -0.3 is 4.52 Å². The predicted molar refractivity (Wildman–Crippen MR) is 98.2 cm³/mol. The van der Waals surface area contributed by atoms with Crippen molar-refractivity contribution >= 4 is 10.0 Å². The lowest BCUT2D eigenvalue weighted by molar-refractivity contribution is 0.124. The SMILES string of the molecule is CCCc1noc([C@@H](C)N2CCN(S(=O)(=O)c3ccc(C#N)cc3)CC2)n1. The minimum atomic E-state index is -3.56. The van der Waals surface area contributed by atoms with E-state index in [0.717, 1.165) is 12.8 Å². The Bertz CT molecular complexity index is 909. The van der Waals surface area contributed by atoms with Gasteiger partial charge in [-0.05, 0) is 37.6 Å². The molecule has 8 nitrogen and oxygen atoms in total. The molecule has 1 aromatic carbocycles.